The third-order valence-electron chi connectivity index (χ3n) is 5.33. The Bertz CT molecular complexity index is 970. The number of halogens is 2. The largest absolute Gasteiger partial charge is 0.342 e. The fraction of sp³-hybridized carbons (Fsp3) is 0.625. The summed E-state index contributed by atoms with van der Waals surface area (Å²) in [4.78, 5) is 22.5. The predicted octanol–water partition coefficient (Wildman–Crippen LogP) is 1.20. The number of hydrogen-bond donors (Lipinski definition) is 0. The van der Waals surface area contributed by atoms with Gasteiger partial charge in [0.1, 0.15) is 12.0 Å². The fourth-order valence-electron chi connectivity index (χ4n) is 3.86. The molecule has 1 atom stereocenters. The molecule has 0 aliphatic carbocycles. The standard InChI is InChI=1S/C16H19F2N5O3S/c17-14(18)13-7-12(21-16-19-9-20-23(13)16)10-1-4-22(5-2-10)15(24)11-3-6-27(25,26)8-11/h7,9-11,14H,1-6,8H2. The van der Waals surface area contributed by atoms with Crippen molar-refractivity contribution in [2.24, 2.45) is 5.92 Å². The molecule has 2 saturated heterocycles. The molecule has 1 unspecified atom stereocenters. The quantitative estimate of drug-likeness (QED) is 0.769. The Labute approximate surface area is 154 Å². The van der Waals surface area contributed by atoms with Gasteiger partial charge in [-0.3, -0.25) is 4.79 Å². The van der Waals surface area contributed by atoms with E-state index >= 15 is 0 Å². The van der Waals surface area contributed by atoms with Gasteiger partial charge >= 0.3 is 0 Å². The first-order valence-electron chi connectivity index (χ1n) is 8.82. The second-order valence-corrected chi connectivity index (χ2v) is 9.31. The highest BCUT2D eigenvalue weighted by molar-refractivity contribution is 7.91. The number of hydrogen-bond acceptors (Lipinski definition) is 6. The zero-order valence-corrected chi connectivity index (χ0v) is 15.3. The van der Waals surface area contributed by atoms with Gasteiger partial charge in [0, 0.05) is 24.7 Å². The average Bonchev–Trinajstić information content (AvgIpc) is 3.26. The molecular weight excluding hydrogens is 380 g/mol. The molecule has 8 nitrogen and oxygen atoms in total. The number of rotatable bonds is 3. The lowest BCUT2D eigenvalue weighted by molar-refractivity contribution is -0.135. The predicted molar refractivity (Wildman–Crippen MR) is 91.1 cm³/mol. The van der Waals surface area contributed by atoms with Gasteiger partial charge < -0.3 is 4.90 Å². The number of carbonyl (C=O) groups is 1. The molecule has 2 aliphatic rings. The van der Waals surface area contributed by atoms with Gasteiger partial charge in [0.2, 0.25) is 5.91 Å². The summed E-state index contributed by atoms with van der Waals surface area (Å²) in [5, 5.41) is 3.78. The van der Waals surface area contributed by atoms with Gasteiger partial charge in [-0.1, -0.05) is 0 Å². The number of piperidine rings is 1. The fourth-order valence-corrected chi connectivity index (χ4v) is 5.59. The van der Waals surface area contributed by atoms with Crippen LogP contribution in [0.3, 0.4) is 0 Å². The Balaban J connectivity index is 1.46. The summed E-state index contributed by atoms with van der Waals surface area (Å²) in [7, 11) is -3.10. The molecule has 0 saturated carbocycles. The summed E-state index contributed by atoms with van der Waals surface area (Å²) < 4.78 is 50.8. The first-order valence-corrected chi connectivity index (χ1v) is 10.6. The van der Waals surface area contributed by atoms with Crippen molar-refractivity contribution in [1.82, 2.24) is 24.5 Å². The Morgan fingerprint density at radius 2 is 1.96 bits per heavy atom. The van der Waals surface area contributed by atoms with Crippen LogP contribution in [-0.2, 0) is 14.6 Å². The van der Waals surface area contributed by atoms with Gasteiger partial charge in [0.15, 0.2) is 9.84 Å². The van der Waals surface area contributed by atoms with Crippen molar-refractivity contribution in [1.29, 1.82) is 0 Å². The third-order valence-corrected chi connectivity index (χ3v) is 7.10. The number of alkyl halides is 2. The lowest BCUT2D eigenvalue weighted by Crippen LogP contribution is -2.41. The van der Waals surface area contributed by atoms with Crippen LogP contribution in [0.4, 0.5) is 8.78 Å². The Morgan fingerprint density at radius 3 is 2.59 bits per heavy atom. The SMILES string of the molecule is O=C(C1CCS(=O)(=O)C1)N1CCC(c2cc(C(F)F)n3ncnc3n2)CC1. The van der Waals surface area contributed by atoms with Crippen molar-refractivity contribution in [3.63, 3.8) is 0 Å². The molecule has 146 valence electrons. The minimum absolute atomic E-state index is 0.0550. The number of nitrogens with zero attached hydrogens (tertiary/aromatic N) is 5. The molecule has 11 heteroatoms. The van der Waals surface area contributed by atoms with Gasteiger partial charge in [-0.15, -0.1) is 0 Å². The van der Waals surface area contributed by atoms with Crippen molar-refractivity contribution in [2.75, 3.05) is 24.6 Å². The maximum absolute atomic E-state index is 13.3. The van der Waals surface area contributed by atoms with E-state index in [1.165, 1.54) is 12.4 Å². The molecule has 2 aromatic rings. The van der Waals surface area contributed by atoms with E-state index in [1.54, 1.807) is 4.90 Å². The highest BCUT2D eigenvalue weighted by Crippen LogP contribution is 2.31. The number of fused-ring (bicyclic) bond motifs is 1. The van der Waals surface area contributed by atoms with Crippen LogP contribution in [-0.4, -0.2) is 63.4 Å². The van der Waals surface area contributed by atoms with Crippen LogP contribution in [0.2, 0.25) is 0 Å². The summed E-state index contributed by atoms with van der Waals surface area (Å²) in [5.74, 6) is -0.503. The van der Waals surface area contributed by atoms with E-state index in [0.29, 0.717) is 38.0 Å². The van der Waals surface area contributed by atoms with Gasteiger partial charge in [-0.25, -0.2) is 22.2 Å². The molecule has 0 spiro atoms. The van der Waals surface area contributed by atoms with E-state index in [0.717, 1.165) is 4.52 Å². The minimum Gasteiger partial charge on any atom is -0.342 e. The second kappa shape index (κ2) is 6.77. The summed E-state index contributed by atoms with van der Waals surface area (Å²) in [6, 6.07) is 1.36. The molecule has 0 N–H and O–H groups in total. The molecule has 4 heterocycles. The highest BCUT2D eigenvalue weighted by Gasteiger charge is 2.36. The van der Waals surface area contributed by atoms with Crippen LogP contribution in [0.15, 0.2) is 12.4 Å². The van der Waals surface area contributed by atoms with Crippen molar-refractivity contribution in [2.45, 2.75) is 31.6 Å². The maximum atomic E-state index is 13.3. The molecule has 27 heavy (non-hydrogen) atoms. The summed E-state index contributed by atoms with van der Waals surface area (Å²) >= 11 is 0. The molecule has 0 radical (unpaired) electrons. The number of amides is 1. The Kier molecular flexibility index (Phi) is 4.57. The number of likely N-dealkylation sites (tertiary alicyclic amines) is 1. The van der Waals surface area contributed by atoms with E-state index in [9.17, 15) is 22.0 Å². The lowest BCUT2D eigenvalue weighted by Gasteiger charge is -2.33. The number of aromatic nitrogens is 4. The highest BCUT2D eigenvalue weighted by atomic mass is 32.2. The van der Waals surface area contributed by atoms with Crippen molar-refractivity contribution in [3.8, 4) is 0 Å². The normalized spacial score (nSPS) is 23.4. The van der Waals surface area contributed by atoms with Crippen LogP contribution in [0, 0.1) is 5.92 Å². The molecule has 2 aromatic heterocycles. The van der Waals surface area contributed by atoms with Gasteiger partial charge in [-0.05, 0) is 25.3 Å². The van der Waals surface area contributed by atoms with Crippen LogP contribution in [0.25, 0.3) is 5.78 Å². The van der Waals surface area contributed by atoms with Crippen LogP contribution in [0.5, 0.6) is 0 Å². The first kappa shape index (κ1) is 18.2. The Hall–Kier alpha value is -2.17. The average molecular weight is 399 g/mol. The van der Waals surface area contributed by atoms with Crippen molar-refractivity contribution >= 4 is 21.5 Å². The summed E-state index contributed by atoms with van der Waals surface area (Å²) in [5.41, 5.74) is 0.281. The van der Waals surface area contributed by atoms with Gasteiger partial charge in [0.05, 0.1) is 17.4 Å². The van der Waals surface area contributed by atoms with Gasteiger partial charge in [-0.2, -0.15) is 14.6 Å². The van der Waals surface area contributed by atoms with Crippen molar-refractivity contribution in [3.05, 3.63) is 23.8 Å². The van der Waals surface area contributed by atoms with Crippen LogP contribution in [0.1, 0.15) is 43.0 Å². The monoisotopic (exact) mass is 399 g/mol. The van der Waals surface area contributed by atoms with E-state index in [2.05, 4.69) is 15.1 Å². The zero-order chi connectivity index (χ0) is 19.2. The van der Waals surface area contributed by atoms with E-state index in [4.69, 9.17) is 0 Å². The summed E-state index contributed by atoms with van der Waals surface area (Å²) in [6.45, 7) is 0.924. The number of sulfone groups is 1. The van der Waals surface area contributed by atoms with Crippen LogP contribution < -0.4 is 0 Å². The first-order chi connectivity index (χ1) is 12.8. The van der Waals surface area contributed by atoms with E-state index < -0.39 is 22.2 Å². The second-order valence-electron chi connectivity index (χ2n) is 7.08. The molecule has 0 aromatic carbocycles. The number of carbonyl (C=O) groups excluding carboxylic acids is 1. The summed E-state index contributed by atoms with van der Waals surface area (Å²) in [6.07, 6.45) is 0.0526. The molecule has 2 fully saturated rings. The molecule has 4 rings (SSSR count). The molecule has 0 bridgehead atoms. The third kappa shape index (κ3) is 3.52. The smallest absolute Gasteiger partial charge is 0.280 e. The molecule has 1 amide bonds. The lowest BCUT2D eigenvalue weighted by atomic mass is 9.92. The van der Waals surface area contributed by atoms with Crippen molar-refractivity contribution < 1.29 is 22.0 Å². The topological polar surface area (TPSA) is 97.5 Å². The van der Waals surface area contributed by atoms with E-state index in [1.807, 2.05) is 0 Å². The maximum Gasteiger partial charge on any atom is 0.280 e. The minimum atomic E-state index is -3.10. The molecular formula is C16H19F2N5O3S. The Morgan fingerprint density at radius 1 is 1.22 bits per heavy atom. The van der Waals surface area contributed by atoms with Crippen LogP contribution >= 0.6 is 0 Å². The van der Waals surface area contributed by atoms with E-state index in [-0.39, 0.29) is 34.8 Å². The van der Waals surface area contributed by atoms with Gasteiger partial charge in [0.25, 0.3) is 12.2 Å². The molecule has 2 aliphatic heterocycles. The zero-order valence-electron chi connectivity index (χ0n) is 14.5.